The molecular formula is C25H22Cl2N2O5S. The summed E-state index contributed by atoms with van der Waals surface area (Å²) >= 11 is 13.8. The Kier molecular flexibility index (Phi) is 7.64. The third-order valence-corrected chi connectivity index (χ3v) is 6.94. The van der Waals surface area contributed by atoms with Crippen molar-refractivity contribution in [3.05, 3.63) is 89.0 Å². The summed E-state index contributed by atoms with van der Waals surface area (Å²) in [5, 5.41) is 0.839. The molecule has 0 amide bonds. The molecule has 1 atom stereocenters. The van der Waals surface area contributed by atoms with E-state index in [0.29, 0.717) is 55.2 Å². The van der Waals surface area contributed by atoms with E-state index < -0.39 is 12.0 Å². The zero-order valence-corrected chi connectivity index (χ0v) is 21.5. The predicted molar refractivity (Wildman–Crippen MR) is 136 cm³/mol. The van der Waals surface area contributed by atoms with E-state index in [-0.39, 0.29) is 11.1 Å². The molecule has 3 aromatic rings. The minimum atomic E-state index is -0.780. The monoisotopic (exact) mass is 532 g/mol. The Balaban J connectivity index is 1.94. The molecule has 4 rings (SSSR count). The van der Waals surface area contributed by atoms with Crippen molar-refractivity contribution < 1.29 is 19.0 Å². The molecule has 0 saturated carbocycles. The van der Waals surface area contributed by atoms with E-state index in [9.17, 15) is 9.59 Å². The highest BCUT2D eigenvalue weighted by atomic mass is 35.5. The number of nitrogens with zero attached hydrogens (tertiary/aromatic N) is 2. The van der Waals surface area contributed by atoms with Crippen LogP contribution in [0.2, 0.25) is 10.0 Å². The minimum Gasteiger partial charge on any atom is -0.490 e. The number of ether oxygens (including phenoxy) is 3. The van der Waals surface area contributed by atoms with Gasteiger partial charge in [0.05, 0.1) is 36.5 Å². The number of benzene rings is 2. The first-order valence-electron chi connectivity index (χ1n) is 10.8. The average Bonchev–Trinajstić information content (AvgIpc) is 3.17. The second kappa shape index (κ2) is 10.7. The van der Waals surface area contributed by atoms with Crippen LogP contribution in [0.1, 0.15) is 31.0 Å². The van der Waals surface area contributed by atoms with E-state index in [1.807, 2.05) is 13.8 Å². The summed E-state index contributed by atoms with van der Waals surface area (Å²) in [5.41, 5.74) is 1.06. The van der Waals surface area contributed by atoms with Gasteiger partial charge in [0, 0.05) is 21.8 Å². The van der Waals surface area contributed by atoms with Crippen LogP contribution in [0.15, 0.2) is 58.0 Å². The van der Waals surface area contributed by atoms with Gasteiger partial charge in [0.25, 0.3) is 5.56 Å². The first-order chi connectivity index (χ1) is 16.9. The maximum Gasteiger partial charge on any atom is 0.337 e. The summed E-state index contributed by atoms with van der Waals surface area (Å²) in [6, 6.07) is 9.67. The van der Waals surface area contributed by atoms with Crippen LogP contribution in [0.25, 0.3) is 6.08 Å². The quantitative estimate of drug-likeness (QED) is 0.427. The Hall–Kier alpha value is -3.07. The molecule has 2 aromatic carbocycles. The van der Waals surface area contributed by atoms with Gasteiger partial charge in [-0.05, 0) is 49.8 Å². The van der Waals surface area contributed by atoms with Crippen molar-refractivity contribution in [2.75, 3.05) is 20.3 Å². The number of methoxy groups -OCH3 is 1. The van der Waals surface area contributed by atoms with Crippen LogP contribution in [-0.2, 0) is 9.53 Å². The molecule has 0 saturated heterocycles. The van der Waals surface area contributed by atoms with Gasteiger partial charge in [0.15, 0.2) is 16.3 Å². The number of halogens is 2. The highest BCUT2D eigenvalue weighted by Crippen LogP contribution is 2.35. The van der Waals surface area contributed by atoms with E-state index in [2.05, 4.69) is 4.99 Å². The summed E-state index contributed by atoms with van der Waals surface area (Å²) in [6.07, 6.45) is 3.07. The van der Waals surface area contributed by atoms with Gasteiger partial charge >= 0.3 is 5.97 Å². The molecule has 2 heterocycles. The molecule has 0 spiro atoms. The molecule has 1 aliphatic heterocycles. The van der Waals surface area contributed by atoms with Gasteiger partial charge in [-0.3, -0.25) is 9.36 Å². The van der Waals surface area contributed by atoms with Gasteiger partial charge in [-0.25, -0.2) is 9.79 Å². The highest BCUT2D eigenvalue weighted by Gasteiger charge is 2.31. The van der Waals surface area contributed by atoms with Gasteiger partial charge in [0.1, 0.15) is 0 Å². The fraction of sp³-hybridized carbons (Fsp3) is 0.240. The van der Waals surface area contributed by atoms with Crippen LogP contribution in [0.3, 0.4) is 0 Å². The molecule has 35 heavy (non-hydrogen) atoms. The first kappa shape index (κ1) is 25.0. The molecule has 0 N–H and O–H groups in total. The topological polar surface area (TPSA) is 79.1 Å². The van der Waals surface area contributed by atoms with Gasteiger partial charge in [-0.15, -0.1) is 0 Å². The predicted octanol–water partition coefficient (Wildman–Crippen LogP) is 4.12. The van der Waals surface area contributed by atoms with E-state index in [1.165, 1.54) is 29.2 Å². The van der Waals surface area contributed by atoms with Crippen LogP contribution < -0.4 is 24.4 Å². The summed E-state index contributed by atoms with van der Waals surface area (Å²) in [6.45, 7) is 4.63. The first-order valence-corrected chi connectivity index (χ1v) is 12.4. The molecule has 1 aromatic heterocycles. The Morgan fingerprint density at radius 2 is 1.80 bits per heavy atom. The summed E-state index contributed by atoms with van der Waals surface area (Å²) < 4.78 is 18.3. The summed E-state index contributed by atoms with van der Waals surface area (Å²) in [4.78, 5) is 31.1. The lowest BCUT2D eigenvalue weighted by molar-refractivity contribution is -0.136. The maximum absolute atomic E-state index is 13.6. The Bertz CT molecular complexity index is 1470. The number of esters is 1. The SMILES string of the molecule is CCOc1ccc([C@@H]2C(C(=O)OC)=CN=c3s/c(=C/c4c(Cl)cccc4Cl)c(=O)n32)cc1OCC. The standard InChI is InChI=1S/C25H22Cl2N2O5S/c1-4-33-19-10-9-14(11-20(19)34-5-2)22-16(24(31)32-3)13-28-25-29(22)23(30)21(35-25)12-15-17(26)7-6-8-18(15)27/h6-13,22H,4-5H2,1-3H3/b21-12+/t22-/m1/s1. The number of fused-ring (bicyclic) bond motifs is 1. The second-order valence-electron chi connectivity index (χ2n) is 7.38. The second-order valence-corrected chi connectivity index (χ2v) is 9.21. The van der Waals surface area contributed by atoms with Gasteiger partial charge in [-0.1, -0.05) is 46.7 Å². The average molecular weight is 533 g/mol. The molecule has 0 bridgehead atoms. The zero-order valence-electron chi connectivity index (χ0n) is 19.2. The van der Waals surface area contributed by atoms with E-state index >= 15 is 0 Å². The molecule has 182 valence electrons. The van der Waals surface area contributed by atoms with E-state index in [4.69, 9.17) is 37.4 Å². The Labute approximate surface area is 215 Å². The summed E-state index contributed by atoms with van der Waals surface area (Å²) in [7, 11) is 1.29. The lowest BCUT2D eigenvalue weighted by Crippen LogP contribution is -2.39. The van der Waals surface area contributed by atoms with Crippen LogP contribution in [0.5, 0.6) is 11.5 Å². The fourth-order valence-electron chi connectivity index (χ4n) is 3.77. The molecule has 0 unspecified atom stereocenters. The molecule has 0 radical (unpaired) electrons. The number of carbonyl (C=O) groups excluding carboxylic acids is 1. The fourth-order valence-corrected chi connectivity index (χ4v) is 5.22. The largest absolute Gasteiger partial charge is 0.490 e. The van der Waals surface area contributed by atoms with Crippen LogP contribution >= 0.6 is 34.5 Å². The van der Waals surface area contributed by atoms with Gasteiger partial charge in [-0.2, -0.15) is 0 Å². The number of carbonyl (C=O) groups is 1. The van der Waals surface area contributed by atoms with Crippen molar-refractivity contribution in [2.45, 2.75) is 19.9 Å². The van der Waals surface area contributed by atoms with Crippen molar-refractivity contribution >= 4 is 46.6 Å². The normalized spacial score (nSPS) is 15.2. The molecule has 0 aliphatic carbocycles. The van der Waals surface area contributed by atoms with E-state index in [0.717, 1.165) is 0 Å². The van der Waals surface area contributed by atoms with Crippen molar-refractivity contribution in [1.82, 2.24) is 4.57 Å². The van der Waals surface area contributed by atoms with Gasteiger partial charge < -0.3 is 14.2 Å². The number of thiazole rings is 1. The molecule has 7 nitrogen and oxygen atoms in total. The summed E-state index contributed by atoms with van der Waals surface area (Å²) in [5.74, 6) is 0.495. The third-order valence-electron chi connectivity index (χ3n) is 5.28. The molecule has 10 heteroatoms. The van der Waals surface area contributed by atoms with Crippen molar-refractivity contribution in [3.8, 4) is 11.5 Å². The third kappa shape index (κ3) is 4.87. The van der Waals surface area contributed by atoms with Gasteiger partial charge in [0.2, 0.25) is 0 Å². The lowest BCUT2D eigenvalue weighted by atomic mass is 9.97. The number of rotatable bonds is 7. The molecule has 1 aliphatic rings. The van der Waals surface area contributed by atoms with Crippen LogP contribution in [0.4, 0.5) is 0 Å². The smallest absolute Gasteiger partial charge is 0.337 e. The van der Waals surface area contributed by atoms with Crippen LogP contribution in [0, 0.1) is 0 Å². The number of hydrogen-bond donors (Lipinski definition) is 0. The minimum absolute atomic E-state index is 0.217. The van der Waals surface area contributed by atoms with Crippen molar-refractivity contribution in [3.63, 3.8) is 0 Å². The van der Waals surface area contributed by atoms with Crippen LogP contribution in [-0.4, -0.2) is 30.9 Å². The number of aromatic nitrogens is 1. The molecular weight excluding hydrogens is 511 g/mol. The maximum atomic E-state index is 13.6. The Morgan fingerprint density at radius 3 is 2.46 bits per heavy atom. The zero-order chi connectivity index (χ0) is 25.1. The van der Waals surface area contributed by atoms with E-state index in [1.54, 1.807) is 42.5 Å². The Morgan fingerprint density at radius 1 is 1.11 bits per heavy atom. The van der Waals surface area contributed by atoms with Crippen molar-refractivity contribution in [2.24, 2.45) is 4.99 Å². The molecule has 0 fully saturated rings. The number of hydrogen-bond acceptors (Lipinski definition) is 7. The van der Waals surface area contributed by atoms with Crippen molar-refractivity contribution in [1.29, 1.82) is 0 Å². The lowest BCUT2D eigenvalue weighted by Gasteiger charge is -2.23. The highest BCUT2D eigenvalue weighted by molar-refractivity contribution is 7.07.